The highest BCUT2D eigenvalue weighted by Gasteiger charge is 2.15. The van der Waals surface area contributed by atoms with Crippen LogP contribution in [0.15, 0.2) is 10.4 Å². The summed E-state index contributed by atoms with van der Waals surface area (Å²) in [7, 11) is 0. The smallest absolute Gasteiger partial charge is 0.333 e. The highest BCUT2D eigenvalue weighted by atomic mass is 32.1. The van der Waals surface area contributed by atoms with E-state index in [0.29, 0.717) is 0 Å². The van der Waals surface area contributed by atoms with Gasteiger partial charge in [-0.25, -0.2) is 15.2 Å². The van der Waals surface area contributed by atoms with Crippen molar-refractivity contribution in [3.05, 3.63) is 11.1 Å². The van der Waals surface area contributed by atoms with Crippen LogP contribution in [0.4, 0.5) is 9.93 Å². The number of carbonyl (C=O) groups is 2. The number of hydrazine groups is 1. The van der Waals surface area contributed by atoms with E-state index in [1.807, 2.05) is 20.8 Å². The molecule has 0 atom stereocenters. The van der Waals surface area contributed by atoms with E-state index in [1.54, 1.807) is 0 Å². The average molecular weight is 299 g/mol. The van der Waals surface area contributed by atoms with Crippen molar-refractivity contribution in [3.8, 4) is 0 Å². The molecule has 0 aliphatic rings. The first kappa shape index (κ1) is 15.7. The van der Waals surface area contributed by atoms with E-state index in [9.17, 15) is 9.59 Å². The van der Waals surface area contributed by atoms with Crippen molar-refractivity contribution in [2.45, 2.75) is 26.3 Å². The molecule has 0 aliphatic heterocycles. The predicted molar refractivity (Wildman–Crippen MR) is 76.5 cm³/mol. The molecule has 9 nitrogen and oxygen atoms in total. The Morgan fingerprint density at radius 1 is 1.30 bits per heavy atom. The number of hydrogen-bond donors (Lipinski definition) is 5. The Kier molecular flexibility index (Phi) is 4.86. The number of guanidine groups is 1. The molecule has 1 rings (SSSR count). The van der Waals surface area contributed by atoms with Gasteiger partial charge in [0.15, 0.2) is 5.96 Å². The van der Waals surface area contributed by atoms with Gasteiger partial charge in [-0.15, -0.1) is 11.3 Å². The number of aromatic nitrogens is 1. The summed E-state index contributed by atoms with van der Waals surface area (Å²) in [4.78, 5) is 30.7. The van der Waals surface area contributed by atoms with Gasteiger partial charge in [0.05, 0.1) is 0 Å². The second-order valence-corrected chi connectivity index (χ2v) is 5.67. The first-order valence-electron chi connectivity index (χ1n) is 5.61. The van der Waals surface area contributed by atoms with E-state index < -0.39 is 17.5 Å². The molecule has 0 saturated heterocycles. The summed E-state index contributed by atoms with van der Waals surface area (Å²) in [5, 5.41) is 4.35. The lowest BCUT2D eigenvalue weighted by atomic mass is 10.1. The van der Waals surface area contributed by atoms with Crippen LogP contribution >= 0.6 is 11.3 Å². The van der Waals surface area contributed by atoms with Crippen molar-refractivity contribution in [2.75, 3.05) is 0 Å². The molecule has 3 amide bonds. The third-order valence-corrected chi connectivity index (χ3v) is 2.46. The molecule has 0 radical (unpaired) electrons. The first-order valence-corrected chi connectivity index (χ1v) is 6.49. The van der Waals surface area contributed by atoms with Gasteiger partial charge in [-0.3, -0.25) is 10.2 Å². The number of urea groups is 1. The van der Waals surface area contributed by atoms with Crippen molar-refractivity contribution >= 4 is 34.4 Å². The van der Waals surface area contributed by atoms with E-state index in [1.165, 1.54) is 5.38 Å². The fourth-order valence-corrected chi connectivity index (χ4v) is 1.77. The number of hydrogen-bond acceptors (Lipinski definition) is 5. The molecule has 1 heterocycles. The third kappa shape index (κ3) is 5.52. The number of nitrogens with one attached hydrogen (secondary N) is 3. The van der Waals surface area contributed by atoms with Crippen molar-refractivity contribution in [1.82, 2.24) is 21.2 Å². The van der Waals surface area contributed by atoms with Crippen LogP contribution in [-0.2, 0) is 0 Å². The zero-order valence-electron chi connectivity index (χ0n) is 11.4. The minimum absolute atomic E-state index is 0.103. The molecule has 20 heavy (non-hydrogen) atoms. The van der Waals surface area contributed by atoms with Gasteiger partial charge in [-0.2, -0.15) is 4.99 Å². The quantitative estimate of drug-likeness (QED) is 0.291. The monoisotopic (exact) mass is 299 g/mol. The Bertz CT molecular complexity index is 528. The summed E-state index contributed by atoms with van der Waals surface area (Å²) in [6.07, 6.45) is 0. The van der Waals surface area contributed by atoms with E-state index in [0.717, 1.165) is 11.3 Å². The fourth-order valence-electron chi connectivity index (χ4n) is 1.08. The minimum atomic E-state index is -0.567. The van der Waals surface area contributed by atoms with Crippen LogP contribution in [0.5, 0.6) is 0 Å². The molecular formula is C10H17N7O2S. The predicted octanol–water partition coefficient (Wildman–Crippen LogP) is -0.209. The molecule has 0 bridgehead atoms. The number of carbonyl (C=O) groups excluding carboxylic acids is 2. The maximum absolute atomic E-state index is 11.7. The molecule has 7 N–H and O–H groups in total. The van der Waals surface area contributed by atoms with Crippen LogP contribution in [0.25, 0.3) is 0 Å². The van der Waals surface area contributed by atoms with E-state index in [2.05, 4.69) is 26.1 Å². The van der Waals surface area contributed by atoms with Gasteiger partial charge in [-0.05, 0) is 20.8 Å². The van der Waals surface area contributed by atoms with Crippen molar-refractivity contribution in [1.29, 1.82) is 0 Å². The molecular weight excluding hydrogens is 282 g/mol. The maximum Gasteiger partial charge on any atom is 0.333 e. The number of thiazole rings is 1. The molecule has 0 saturated carbocycles. The lowest BCUT2D eigenvalue weighted by molar-refractivity contribution is 0.0931. The normalized spacial score (nSPS) is 10.6. The molecule has 1 aromatic heterocycles. The van der Waals surface area contributed by atoms with Gasteiger partial charge in [0.1, 0.15) is 5.69 Å². The van der Waals surface area contributed by atoms with Crippen LogP contribution in [0, 0.1) is 0 Å². The second-order valence-electron chi connectivity index (χ2n) is 4.84. The first-order chi connectivity index (χ1) is 9.17. The lowest BCUT2D eigenvalue weighted by Crippen LogP contribution is -2.52. The Balaban J connectivity index is 2.53. The summed E-state index contributed by atoms with van der Waals surface area (Å²) >= 11 is 1.10. The maximum atomic E-state index is 11.7. The van der Waals surface area contributed by atoms with Crippen LogP contribution in [0.3, 0.4) is 0 Å². The zero-order valence-corrected chi connectivity index (χ0v) is 12.2. The largest absolute Gasteiger partial charge is 0.370 e. The van der Waals surface area contributed by atoms with Crippen molar-refractivity contribution < 1.29 is 9.59 Å². The summed E-state index contributed by atoms with van der Waals surface area (Å²) in [6, 6.07) is -0.523. The molecule has 0 spiro atoms. The van der Waals surface area contributed by atoms with Crippen molar-refractivity contribution in [2.24, 2.45) is 16.5 Å². The molecule has 0 fully saturated rings. The van der Waals surface area contributed by atoms with E-state index >= 15 is 0 Å². The Morgan fingerprint density at radius 2 is 1.95 bits per heavy atom. The van der Waals surface area contributed by atoms with Gasteiger partial charge in [0.25, 0.3) is 5.91 Å². The van der Waals surface area contributed by atoms with Gasteiger partial charge in [0.2, 0.25) is 5.13 Å². The molecule has 0 unspecified atom stereocenters. The molecule has 0 aliphatic carbocycles. The van der Waals surface area contributed by atoms with Crippen LogP contribution in [-0.4, -0.2) is 28.4 Å². The third-order valence-electron chi connectivity index (χ3n) is 1.73. The zero-order chi connectivity index (χ0) is 15.3. The highest BCUT2D eigenvalue weighted by Crippen LogP contribution is 2.17. The fraction of sp³-hybridized carbons (Fsp3) is 0.400. The molecule has 0 aromatic carbocycles. The number of rotatable bonds is 2. The van der Waals surface area contributed by atoms with Crippen molar-refractivity contribution in [3.63, 3.8) is 0 Å². The molecule has 10 heteroatoms. The molecule has 1 aromatic rings. The number of nitrogens with zero attached hydrogens (tertiary/aromatic N) is 2. The highest BCUT2D eigenvalue weighted by molar-refractivity contribution is 7.13. The second kappa shape index (κ2) is 6.19. The summed E-state index contributed by atoms with van der Waals surface area (Å²) in [6.45, 7) is 5.45. The van der Waals surface area contributed by atoms with Crippen LogP contribution in [0.1, 0.15) is 31.3 Å². The Labute approximate surface area is 119 Å². The van der Waals surface area contributed by atoms with E-state index in [4.69, 9.17) is 11.5 Å². The topological polar surface area (TPSA) is 148 Å². The number of amides is 3. The SMILES string of the molecule is CC(C)(C)NC(=O)NNC(=O)c1csc(N=C(N)N)n1. The molecule has 110 valence electrons. The summed E-state index contributed by atoms with van der Waals surface area (Å²) < 4.78 is 0. The standard InChI is InChI=1S/C10H17N7O2S/c1-10(2,3)15-8(19)17-16-6(18)5-4-20-9(13-5)14-7(11)12/h4H,1-3H3,(H,16,18)(H2,15,17,19)(H4,11,12,13,14). The van der Waals surface area contributed by atoms with E-state index in [-0.39, 0.29) is 16.8 Å². The van der Waals surface area contributed by atoms with Crippen LogP contribution < -0.4 is 27.6 Å². The van der Waals surface area contributed by atoms with Gasteiger partial charge < -0.3 is 16.8 Å². The van der Waals surface area contributed by atoms with Crippen LogP contribution in [0.2, 0.25) is 0 Å². The number of aliphatic imine (C=N–C) groups is 1. The summed E-state index contributed by atoms with van der Waals surface area (Å²) in [5.74, 6) is -0.712. The summed E-state index contributed by atoms with van der Waals surface area (Å²) in [5.41, 5.74) is 14.5. The van der Waals surface area contributed by atoms with Gasteiger partial charge >= 0.3 is 6.03 Å². The Hall–Kier alpha value is -2.36. The average Bonchev–Trinajstić information content (AvgIpc) is 2.71. The minimum Gasteiger partial charge on any atom is -0.370 e. The lowest BCUT2D eigenvalue weighted by Gasteiger charge is -2.20. The number of nitrogens with two attached hydrogens (primary N) is 2. The Morgan fingerprint density at radius 3 is 2.50 bits per heavy atom. The van der Waals surface area contributed by atoms with Gasteiger partial charge in [0, 0.05) is 10.9 Å². The van der Waals surface area contributed by atoms with Gasteiger partial charge in [-0.1, -0.05) is 0 Å².